The highest BCUT2D eigenvalue weighted by atomic mass is 16.2. The molecular weight excluding hydrogens is 226 g/mol. The summed E-state index contributed by atoms with van der Waals surface area (Å²) < 4.78 is 0. The van der Waals surface area contributed by atoms with Gasteiger partial charge in [0.25, 0.3) is 0 Å². The zero-order valence-electron chi connectivity index (χ0n) is 12.0. The van der Waals surface area contributed by atoms with E-state index in [0.29, 0.717) is 18.0 Å². The van der Waals surface area contributed by atoms with E-state index in [0.717, 1.165) is 6.54 Å². The average Bonchev–Trinajstić information content (AvgIpc) is 3.16. The molecule has 4 heteroatoms. The summed E-state index contributed by atoms with van der Waals surface area (Å²) in [6, 6.07) is 0.526. The van der Waals surface area contributed by atoms with Gasteiger partial charge in [0, 0.05) is 19.6 Å². The van der Waals surface area contributed by atoms with Crippen molar-refractivity contribution in [1.29, 1.82) is 0 Å². The fourth-order valence-corrected chi connectivity index (χ4v) is 2.60. The van der Waals surface area contributed by atoms with Crippen LogP contribution in [-0.4, -0.2) is 62.0 Å². The van der Waals surface area contributed by atoms with Gasteiger partial charge in [-0.2, -0.15) is 0 Å². The first kappa shape index (κ1) is 13.8. The van der Waals surface area contributed by atoms with E-state index in [2.05, 4.69) is 24.2 Å². The molecule has 1 aliphatic heterocycles. The number of hydrogen-bond donors (Lipinski definition) is 1. The zero-order valence-corrected chi connectivity index (χ0v) is 12.0. The van der Waals surface area contributed by atoms with Gasteiger partial charge in [0.15, 0.2) is 0 Å². The maximum atomic E-state index is 11.9. The number of carbonyl (C=O) groups is 1. The van der Waals surface area contributed by atoms with Gasteiger partial charge in [0.2, 0.25) is 5.91 Å². The number of likely N-dealkylation sites (N-methyl/N-ethyl adjacent to an activating group) is 1. The van der Waals surface area contributed by atoms with Crippen LogP contribution in [0.25, 0.3) is 0 Å². The van der Waals surface area contributed by atoms with Gasteiger partial charge >= 0.3 is 0 Å². The number of carbonyl (C=O) groups excluding carboxylic acids is 1. The lowest BCUT2D eigenvalue weighted by atomic mass is 9.80. The summed E-state index contributed by atoms with van der Waals surface area (Å²) in [6.07, 6.45) is 4.82. The van der Waals surface area contributed by atoms with Crippen LogP contribution in [0.15, 0.2) is 0 Å². The van der Waals surface area contributed by atoms with Crippen molar-refractivity contribution < 1.29 is 4.79 Å². The molecule has 0 aromatic carbocycles. The van der Waals surface area contributed by atoms with Gasteiger partial charge in [-0.3, -0.25) is 4.79 Å². The van der Waals surface area contributed by atoms with Gasteiger partial charge in [-0.15, -0.1) is 0 Å². The molecule has 0 spiro atoms. The second-order valence-corrected chi connectivity index (χ2v) is 6.45. The van der Waals surface area contributed by atoms with E-state index in [1.165, 1.54) is 38.8 Å². The van der Waals surface area contributed by atoms with Crippen molar-refractivity contribution in [3.8, 4) is 0 Å². The first-order chi connectivity index (χ1) is 8.50. The Hall–Kier alpha value is -0.610. The summed E-state index contributed by atoms with van der Waals surface area (Å²) in [5.74, 6) is 0.244. The maximum Gasteiger partial charge on any atom is 0.236 e. The monoisotopic (exact) mass is 253 g/mol. The lowest BCUT2D eigenvalue weighted by molar-refractivity contribution is -0.129. The lowest BCUT2D eigenvalue weighted by Crippen LogP contribution is -2.44. The Morgan fingerprint density at radius 2 is 2.00 bits per heavy atom. The summed E-state index contributed by atoms with van der Waals surface area (Å²) >= 11 is 0. The van der Waals surface area contributed by atoms with Crippen molar-refractivity contribution in [2.75, 3.05) is 40.3 Å². The molecule has 2 rings (SSSR count). The van der Waals surface area contributed by atoms with Crippen LogP contribution >= 0.6 is 0 Å². The molecule has 1 aliphatic carbocycles. The number of nitrogens with one attached hydrogen (secondary N) is 1. The second-order valence-electron chi connectivity index (χ2n) is 6.45. The first-order valence-electron chi connectivity index (χ1n) is 7.15. The molecule has 1 heterocycles. The zero-order chi connectivity index (χ0) is 13.2. The Morgan fingerprint density at radius 3 is 2.56 bits per heavy atom. The third-order valence-corrected chi connectivity index (χ3v) is 4.51. The van der Waals surface area contributed by atoms with E-state index in [9.17, 15) is 4.79 Å². The van der Waals surface area contributed by atoms with E-state index in [-0.39, 0.29) is 5.91 Å². The van der Waals surface area contributed by atoms with Gasteiger partial charge in [0.1, 0.15) is 0 Å². The minimum absolute atomic E-state index is 0.244. The minimum atomic E-state index is 0.244. The molecule has 0 aromatic rings. The van der Waals surface area contributed by atoms with Crippen molar-refractivity contribution in [2.24, 2.45) is 5.41 Å². The Labute approximate surface area is 111 Å². The standard InChI is InChI=1S/C14H27N3O/c1-14(6-8-16(2)9-7-14)11-15-10-13(18)17(3)12-4-5-12/h12,15H,4-11H2,1-3H3. The molecule has 1 N–H and O–H groups in total. The highest BCUT2D eigenvalue weighted by Crippen LogP contribution is 2.29. The van der Waals surface area contributed by atoms with Gasteiger partial charge in [-0.1, -0.05) is 6.92 Å². The largest absolute Gasteiger partial charge is 0.342 e. The van der Waals surface area contributed by atoms with Crippen LogP contribution in [0.3, 0.4) is 0 Å². The molecule has 0 bridgehead atoms. The fourth-order valence-electron chi connectivity index (χ4n) is 2.60. The Morgan fingerprint density at radius 1 is 1.39 bits per heavy atom. The van der Waals surface area contributed by atoms with Crippen LogP contribution in [0.4, 0.5) is 0 Å². The van der Waals surface area contributed by atoms with E-state index in [1.807, 2.05) is 11.9 Å². The van der Waals surface area contributed by atoms with Crippen molar-refractivity contribution in [3.63, 3.8) is 0 Å². The molecule has 104 valence electrons. The molecule has 2 fully saturated rings. The van der Waals surface area contributed by atoms with Crippen LogP contribution in [0.1, 0.15) is 32.6 Å². The predicted octanol–water partition coefficient (Wildman–Crippen LogP) is 0.929. The number of likely N-dealkylation sites (tertiary alicyclic amines) is 1. The number of hydrogen-bond acceptors (Lipinski definition) is 3. The lowest BCUT2D eigenvalue weighted by Gasteiger charge is -2.38. The fraction of sp³-hybridized carbons (Fsp3) is 0.929. The SMILES string of the molecule is CN1CCC(C)(CNCC(=O)N(C)C2CC2)CC1. The number of amides is 1. The van der Waals surface area contributed by atoms with E-state index in [1.54, 1.807) is 0 Å². The second kappa shape index (κ2) is 5.57. The highest BCUT2D eigenvalue weighted by Gasteiger charge is 2.31. The molecule has 0 radical (unpaired) electrons. The molecule has 18 heavy (non-hydrogen) atoms. The van der Waals surface area contributed by atoms with Crippen molar-refractivity contribution in [1.82, 2.24) is 15.1 Å². The van der Waals surface area contributed by atoms with Crippen LogP contribution < -0.4 is 5.32 Å². The molecule has 1 amide bonds. The van der Waals surface area contributed by atoms with E-state index >= 15 is 0 Å². The normalized spacial score (nSPS) is 23.9. The molecular formula is C14H27N3O. The Balaban J connectivity index is 1.66. The smallest absolute Gasteiger partial charge is 0.236 e. The van der Waals surface area contributed by atoms with Crippen molar-refractivity contribution in [3.05, 3.63) is 0 Å². The van der Waals surface area contributed by atoms with Crippen LogP contribution in [-0.2, 0) is 4.79 Å². The summed E-state index contributed by atoms with van der Waals surface area (Å²) in [5, 5.41) is 3.36. The Kier molecular flexibility index (Phi) is 4.28. The van der Waals surface area contributed by atoms with Gasteiger partial charge in [-0.25, -0.2) is 0 Å². The van der Waals surface area contributed by atoms with Crippen LogP contribution in [0.5, 0.6) is 0 Å². The molecule has 1 saturated heterocycles. The van der Waals surface area contributed by atoms with Gasteiger partial charge < -0.3 is 15.1 Å². The highest BCUT2D eigenvalue weighted by molar-refractivity contribution is 5.78. The number of rotatable bonds is 5. The van der Waals surface area contributed by atoms with E-state index in [4.69, 9.17) is 0 Å². The molecule has 4 nitrogen and oxygen atoms in total. The van der Waals surface area contributed by atoms with Crippen molar-refractivity contribution >= 4 is 5.91 Å². The van der Waals surface area contributed by atoms with Gasteiger partial charge in [-0.05, 0) is 51.2 Å². The minimum Gasteiger partial charge on any atom is -0.342 e. The quantitative estimate of drug-likeness (QED) is 0.792. The number of nitrogens with zero attached hydrogens (tertiary/aromatic N) is 2. The third-order valence-electron chi connectivity index (χ3n) is 4.51. The van der Waals surface area contributed by atoms with E-state index < -0.39 is 0 Å². The Bertz CT molecular complexity index is 293. The predicted molar refractivity (Wildman–Crippen MR) is 73.5 cm³/mol. The summed E-state index contributed by atoms with van der Waals surface area (Å²) in [4.78, 5) is 16.2. The molecule has 0 unspecified atom stereocenters. The number of piperidine rings is 1. The maximum absolute atomic E-state index is 11.9. The van der Waals surface area contributed by atoms with Crippen LogP contribution in [0.2, 0.25) is 0 Å². The van der Waals surface area contributed by atoms with Crippen LogP contribution in [0, 0.1) is 5.41 Å². The molecule has 2 aliphatic rings. The van der Waals surface area contributed by atoms with Crippen molar-refractivity contribution in [2.45, 2.75) is 38.6 Å². The summed E-state index contributed by atoms with van der Waals surface area (Å²) in [7, 11) is 4.11. The summed E-state index contributed by atoms with van der Waals surface area (Å²) in [6.45, 7) is 6.15. The molecule has 1 saturated carbocycles. The first-order valence-corrected chi connectivity index (χ1v) is 7.15. The van der Waals surface area contributed by atoms with Gasteiger partial charge in [0.05, 0.1) is 6.54 Å². The molecule has 0 aromatic heterocycles. The molecule has 0 atom stereocenters. The topological polar surface area (TPSA) is 35.6 Å². The average molecular weight is 253 g/mol. The summed E-state index contributed by atoms with van der Waals surface area (Å²) in [5.41, 5.74) is 0.366. The third kappa shape index (κ3) is 3.69.